The van der Waals surface area contributed by atoms with E-state index in [1.165, 1.54) is 0 Å². The zero-order valence-electron chi connectivity index (χ0n) is 11.0. The van der Waals surface area contributed by atoms with Crippen LogP contribution in [0.4, 0.5) is 0 Å². The number of benzene rings is 1. The van der Waals surface area contributed by atoms with Crippen LogP contribution in [0.1, 0.15) is 25.5 Å². The fourth-order valence-corrected chi connectivity index (χ4v) is 2.72. The van der Waals surface area contributed by atoms with Gasteiger partial charge >= 0.3 is 0 Å². The number of morpholine rings is 1. The van der Waals surface area contributed by atoms with E-state index in [0.29, 0.717) is 29.7 Å². The minimum Gasteiger partial charge on any atom is -0.370 e. The lowest BCUT2D eigenvalue weighted by Crippen LogP contribution is -2.44. The summed E-state index contributed by atoms with van der Waals surface area (Å²) in [5.74, 6) is 0.156. The number of nitrogens with zero attached hydrogens (tertiary/aromatic N) is 1. The molecule has 1 saturated heterocycles. The van der Waals surface area contributed by atoms with Crippen LogP contribution in [-0.2, 0) is 9.53 Å². The monoisotopic (exact) mass is 301 g/mol. The van der Waals surface area contributed by atoms with Crippen molar-refractivity contribution in [1.82, 2.24) is 4.90 Å². The molecule has 1 heterocycles. The number of ether oxygens (including phenoxy) is 1. The molecule has 2 rings (SSSR count). The predicted molar refractivity (Wildman–Crippen MR) is 76.6 cm³/mol. The molecule has 3 nitrogen and oxygen atoms in total. The molecule has 1 aromatic rings. The lowest BCUT2D eigenvalue weighted by atomic mass is 10.1. The lowest BCUT2D eigenvalue weighted by molar-refractivity contribution is -0.142. The van der Waals surface area contributed by atoms with Crippen LogP contribution < -0.4 is 0 Å². The molecule has 1 atom stereocenters. The average molecular weight is 302 g/mol. The Kier molecular flexibility index (Phi) is 4.71. The van der Waals surface area contributed by atoms with Gasteiger partial charge in [-0.15, -0.1) is 0 Å². The van der Waals surface area contributed by atoms with Crippen molar-refractivity contribution in [3.05, 3.63) is 33.8 Å². The Balaban J connectivity index is 2.14. The Labute approximate surface area is 123 Å². The molecule has 1 fully saturated rings. The fraction of sp³-hybridized carbons (Fsp3) is 0.500. The zero-order chi connectivity index (χ0) is 14.0. The van der Waals surface area contributed by atoms with E-state index >= 15 is 0 Å². The van der Waals surface area contributed by atoms with Gasteiger partial charge in [-0.05, 0) is 23.8 Å². The number of halogens is 2. The maximum absolute atomic E-state index is 12.0. The zero-order valence-corrected chi connectivity index (χ0v) is 12.5. The normalized spacial score (nSPS) is 19.8. The summed E-state index contributed by atoms with van der Waals surface area (Å²) in [7, 11) is 0. The van der Waals surface area contributed by atoms with Crippen LogP contribution in [-0.4, -0.2) is 30.5 Å². The standard InChI is InChI=1S/C14H17Cl2NO2/c1-9(2)14(18)17-3-4-19-13(8-17)10-5-11(15)7-12(16)6-10/h5-7,9,13H,3-4,8H2,1-2H3. The highest BCUT2D eigenvalue weighted by atomic mass is 35.5. The molecule has 0 bridgehead atoms. The molecule has 1 unspecified atom stereocenters. The quantitative estimate of drug-likeness (QED) is 0.836. The van der Waals surface area contributed by atoms with Gasteiger partial charge in [0.15, 0.2) is 0 Å². The molecule has 1 aliphatic rings. The van der Waals surface area contributed by atoms with Crippen LogP contribution in [0.25, 0.3) is 0 Å². The highest BCUT2D eigenvalue weighted by Gasteiger charge is 2.26. The maximum atomic E-state index is 12.0. The summed E-state index contributed by atoms with van der Waals surface area (Å²) in [5, 5.41) is 1.16. The van der Waals surface area contributed by atoms with E-state index in [4.69, 9.17) is 27.9 Å². The van der Waals surface area contributed by atoms with Crippen LogP contribution in [0.5, 0.6) is 0 Å². The van der Waals surface area contributed by atoms with Crippen molar-refractivity contribution in [2.75, 3.05) is 19.7 Å². The Bertz CT molecular complexity index is 456. The average Bonchev–Trinajstić information content (AvgIpc) is 2.36. The van der Waals surface area contributed by atoms with Crippen molar-refractivity contribution >= 4 is 29.1 Å². The van der Waals surface area contributed by atoms with Crippen LogP contribution in [0, 0.1) is 5.92 Å². The van der Waals surface area contributed by atoms with Gasteiger partial charge in [0.25, 0.3) is 0 Å². The van der Waals surface area contributed by atoms with Gasteiger partial charge < -0.3 is 9.64 Å². The second kappa shape index (κ2) is 6.12. The molecule has 1 aliphatic heterocycles. The van der Waals surface area contributed by atoms with E-state index in [2.05, 4.69) is 0 Å². The van der Waals surface area contributed by atoms with Gasteiger partial charge in [0, 0.05) is 22.5 Å². The molecule has 0 N–H and O–H groups in total. The van der Waals surface area contributed by atoms with Gasteiger partial charge in [-0.3, -0.25) is 4.79 Å². The lowest BCUT2D eigenvalue weighted by Gasteiger charge is -2.34. The van der Waals surface area contributed by atoms with Crippen molar-refractivity contribution in [2.24, 2.45) is 5.92 Å². The van der Waals surface area contributed by atoms with E-state index in [9.17, 15) is 4.79 Å². The van der Waals surface area contributed by atoms with Gasteiger partial charge in [0.1, 0.15) is 6.10 Å². The van der Waals surface area contributed by atoms with Gasteiger partial charge in [-0.2, -0.15) is 0 Å². The highest BCUT2D eigenvalue weighted by molar-refractivity contribution is 6.34. The number of hydrogen-bond donors (Lipinski definition) is 0. The molecule has 0 saturated carbocycles. The van der Waals surface area contributed by atoms with Crippen molar-refractivity contribution in [1.29, 1.82) is 0 Å². The molecule has 5 heteroatoms. The van der Waals surface area contributed by atoms with E-state index in [1.54, 1.807) is 6.07 Å². The molecule has 104 valence electrons. The third-order valence-electron chi connectivity index (χ3n) is 3.13. The summed E-state index contributed by atoms with van der Waals surface area (Å²) >= 11 is 12.0. The van der Waals surface area contributed by atoms with Crippen LogP contribution >= 0.6 is 23.2 Å². The number of amides is 1. The van der Waals surface area contributed by atoms with E-state index in [1.807, 2.05) is 30.9 Å². The molecule has 1 aromatic carbocycles. The Morgan fingerprint density at radius 3 is 2.53 bits per heavy atom. The first-order valence-electron chi connectivity index (χ1n) is 6.33. The van der Waals surface area contributed by atoms with E-state index < -0.39 is 0 Å². The topological polar surface area (TPSA) is 29.5 Å². The largest absolute Gasteiger partial charge is 0.370 e. The van der Waals surface area contributed by atoms with Gasteiger partial charge in [0.2, 0.25) is 5.91 Å². The minimum atomic E-state index is -0.160. The van der Waals surface area contributed by atoms with E-state index in [0.717, 1.165) is 5.56 Å². The summed E-state index contributed by atoms with van der Waals surface area (Å²) in [5.41, 5.74) is 0.916. The highest BCUT2D eigenvalue weighted by Crippen LogP contribution is 2.28. The van der Waals surface area contributed by atoms with Gasteiger partial charge in [-0.1, -0.05) is 37.0 Å². The molecule has 0 aromatic heterocycles. The summed E-state index contributed by atoms with van der Waals surface area (Å²) in [6.45, 7) is 5.54. The van der Waals surface area contributed by atoms with Gasteiger partial charge in [-0.25, -0.2) is 0 Å². The van der Waals surface area contributed by atoms with Crippen molar-refractivity contribution in [2.45, 2.75) is 20.0 Å². The second-order valence-corrected chi connectivity index (χ2v) is 5.87. The van der Waals surface area contributed by atoms with Crippen molar-refractivity contribution in [3.63, 3.8) is 0 Å². The number of hydrogen-bond acceptors (Lipinski definition) is 2. The predicted octanol–water partition coefficient (Wildman–Crippen LogP) is 3.55. The molecular formula is C14H17Cl2NO2. The summed E-state index contributed by atoms with van der Waals surface area (Å²) < 4.78 is 5.72. The third kappa shape index (κ3) is 3.62. The molecule has 1 amide bonds. The fourth-order valence-electron chi connectivity index (χ4n) is 2.18. The summed E-state index contributed by atoms with van der Waals surface area (Å²) in [4.78, 5) is 13.9. The maximum Gasteiger partial charge on any atom is 0.225 e. The first-order valence-corrected chi connectivity index (χ1v) is 7.09. The molecule has 19 heavy (non-hydrogen) atoms. The second-order valence-electron chi connectivity index (χ2n) is 5.00. The summed E-state index contributed by atoms with van der Waals surface area (Å²) in [6.07, 6.45) is -0.160. The molecular weight excluding hydrogens is 285 g/mol. The Morgan fingerprint density at radius 1 is 1.32 bits per heavy atom. The Morgan fingerprint density at radius 2 is 1.95 bits per heavy atom. The molecule has 0 spiro atoms. The van der Waals surface area contributed by atoms with E-state index in [-0.39, 0.29) is 17.9 Å². The molecule has 0 radical (unpaired) electrons. The third-order valence-corrected chi connectivity index (χ3v) is 3.57. The smallest absolute Gasteiger partial charge is 0.225 e. The first-order chi connectivity index (χ1) is 8.97. The Hall–Kier alpha value is -0.770. The van der Waals surface area contributed by atoms with Crippen LogP contribution in [0.15, 0.2) is 18.2 Å². The number of rotatable bonds is 2. The SMILES string of the molecule is CC(C)C(=O)N1CCOC(c2cc(Cl)cc(Cl)c2)C1. The number of carbonyl (C=O) groups is 1. The minimum absolute atomic E-state index is 0.00157. The summed E-state index contributed by atoms with van der Waals surface area (Å²) in [6, 6.07) is 5.36. The van der Waals surface area contributed by atoms with Crippen LogP contribution in [0.3, 0.4) is 0 Å². The van der Waals surface area contributed by atoms with Crippen LogP contribution in [0.2, 0.25) is 10.0 Å². The first kappa shape index (κ1) is 14.6. The molecule has 0 aliphatic carbocycles. The van der Waals surface area contributed by atoms with Crippen molar-refractivity contribution < 1.29 is 9.53 Å². The number of carbonyl (C=O) groups excluding carboxylic acids is 1. The van der Waals surface area contributed by atoms with Crippen molar-refractivity contribution in [3.8, 4) is 0 Å². The van der Waals surface area contributed by atoms with Gasteiger partial charge in [0.05, 0.1) is 13.2 Å².